The number of benzene rings is 1. The fourth-order valence-electron chi connectivity index (χ4n) is 4.15. The number of carbonyl (C=O) groups is 2. The largest absolute Gasteiger partial charge is 0.393 e. The maximum absolute atomic E-state index is 13.5. The van der Waals surface area contributed by atoms with Gasteiger partial charge in [0.15, 0.2) is 5.82 Å². The Labute approximate surface area is 155 Å². The van der Waals surface area contributed by atoms with Gasteiger partial charge in [-0.15, -0.1) is 0 Å². The lowest BCUT2D eigenvalue weighted by atomic mass is 9.77. The van der Waals surface area contributed by atoms with Gasteiger partial charge < -0.3 is 4.74 Å². The van der Waals surface area contributed by atoms with E-state index in [1.54, 1.807) is 30.3 Å². The quantitative estimate of drug-likeness (QED) is 0.580. The smallest absolute Gasteiger partial charge is 0.319 e. The van der Waals surface area contributed by atoms with Crippen molar-refractivity contribution >= 4 is 33.4 Å². The summed E-state index contributed by atoms with van der Waals surface area (Å²) < 4.78 is 32.9. The van der Waals surface area contributed by atoms with Crippen molar-refractivity contribution in [2.75, 3.05) is 4.31 Å². The van der Waals surface area contributed by atoms with Gasteiger partial charge in [0.25, 0.3) is 10.0 Å². The fraction of sp³-hybridized carbons (Fsp3) is 0.211. The van der Waals surface area contributed by atoms with E-state index in [2.05, 4.69) is 4.98 Å². The third-order valence-corrected chi connectivity index (χ3v) is 7.11. The van der Waals surface area contributed by atoms with Crippen LogP contribution in [0, 0.1) is 11.8 Å². The minimum Gasteiger partial charge on any atom is -0.393 e. The molecule has 1 aromatic heterocycles. The zero-order valence-electron chi connectivity index (χ0n) is 14.0. The normalized spacial score (nSPS) is 26.1. The molecule has 0 unspecified atom stereocenters. The van der Waals surface area contributed by atoms with Crippen LogP contribution < -0.4 is 4.31 Å². The van der Waals surface area contributed by atoms with Crippen LogP contribution in [0.2, 0.25) is 0 Å². The molecular formula is C19H14N2O5S. The molecule has 5 rings (SSSR count). The Morgan fingerprint density at radius 2 is 1.81 bits per heavy atom. The molecule has 27 heavy (non-hydrogen) atoms. The summed E-state index contributed by atoms with van der Waals surface area (Å²) in [5.41, 5.74) is 1.36. The van der Waals surface area contributed by atoms with E-state index in [1.165, 1.54) is 22.6 Å². The molecule has 2 aliphatic heterocycles. The van der Waals surface area contributed by atoms with Crippen LogP contribution in [0.5, 0.6) is 0 Å². The first kappa shape index (κ1) is 16.2. The summed E-state index contributed by atoms with van der Waals surface area (Å²) in [6, 6.07) is 10.7. The van der Waals surface area contributed by atoms with E-state index in [-0.39, 0.29) is 10.7 Å². The summed E-state index contributed by atoms with van der Waals surface area (Å²) in [5, 5.41) is 0. The maximum atomic E-state index is 13.5. The van der Waals surface area contributed by atoms with Crippen LogP contribution in [0.25, 0.3) is 5.57 Å². The van der Waals surface area contributed by atoms with Gasteiger partial charge in [0.1, 0.15) is 0 Å². The Morgan fingerprint density at radius 3 is 2.59 bits per heavy atom. The Bertz CT molecular complexity index is 1110. The highest BCUT2D eigenvalue weighted by Crippen LogP contribution is 2.51. The molecule has 0 saturated carbocycles. The minimum absolute atomic E-state index is 0.0997. The fourth-order valence-corrected chi connectivity index (χ4v) is 5.80. The molecule has 0 N–H and O–H groups in total. The van der Waals surface area contributed by atoms with Crippen LogP contribution in [-0.2, 0) is 24.3 Å². The van der Waals surface area contributed by atoms with Crippen LogP contribution >= 0.6 is 0 Å². The molecule has 3 atom stereocenters. The first-order valence-electron chi connectivity index (χ1n) is 8.50. The van der Waals surface area contributed by atoms with Crippen LogP contribution in [0.4, 0.5) is 5.82 Å². The summed E-state index contributed by atoms with van der Waals surface area (Å²) in [7, 11) is -3.99. The molecule has 0 bridgehead atoms. The molecule has 136 valence electrons. The highest BCUT2D eigenvalue weighted by Gasteiger charge is 2.58. The average Bonchev–Trinajstić information content (AvgIpc) is 3.17. The van der Waals surface area contributed by atoms with Crippen molar-refractivity contribution in [2.45, 2.75) is 17.4 Å². The molecule has 3 aliphatic rings. The number of hydrogen-bond donors (Lipinski definition) is 0. The predicted octanol–water partition coefficient (Wildman–Crippen LogP) is 1.76. The third-order valence-electron chi connectivity index (χ3n) is 5.32. The minimum atomic E-state index is -3.99. The van der Waals surface area contributed by atoms with Crippen molar-refractivity contribution in [2.24, 2.45) is 11.8 Å². The molecule has 2 aromatic rings. The lowest BCUT2D eigenvalue weighted by Crippen LogP contribution is -2.47. The molecule has 0 radical (unpaired) electrons. The third kappa shape index (κ3) is 2.13. The topological polar surface area (TPSA) is 93.6 Å². The summed E-state index contributed by atoms with van der Waals surface area (Å²) in [5.74, 6) is -2.55. The number of anilines is 1. The van der Waals surface area contributed by atoms with Crippen molar-refractivity contribution in [3.05, 3.63) is 60.3 Å². The monoisotopic (exact) mass is 382 g/mol. The number of carbonyl (C=O) groups excluding carboxylic acids is 2. The standard InChI is InChI=1S/C19H14N2O5S/c22-18-14-9-8-12-13-7-4-10-20-17(13)21(16(12)15(14)19(23)26-18)27(24,25)11-5-2-1-3-6-11/h1-8,10,14-16H,9H2/t14-,15-,16+/m0/s1. The molecule has 1 saturated heterocycles. The summed E-state index contributed by atoms with van der Waals surface area (Å²) >= 11 is 0. The van der Waals surface area contributed by atoms with Crippen molar-refractivity contribution in [1.82, 2.24) is 4.98 Å². The molecule has 0 amide bonds. The van der Waals surface area contributed by atoms with E-state index in [1.807, 2.05) is 6.08 Å². The zero-order chi connectivity index (χ0) is 18.8. The summed E-state index contributed by atoms with van der Waals surface area (Å²) in [6.07, 6.45) is 3.68. The van der Waals surface area contributed by atoms with Gasteiger partial charge in [0.05, 0.1) is 22.8 Å². The highest BCUT2D eigenvalue weighted by atomic mass is 32.2. The number of rotatable bonds is 2. The van der Waals surface area contributed by atoms with Crippen LogP contribution in [-0.4, -0.2) is 31.4 Å². The average molecular weight is 382 g/mol. The van der Waals surface area contributed by atoms with Crippen molar-refractivity contribution in [1.29, 1.82) is 0 Å². The number of hydrogen-bond acceptors (Lipinski definition) is 6. The molecular weight excluding hydrogens is 368 g/mol. The lowest BCUT2D eigenvalue weighted by molar-refractivity contribution is -0.153. The second kappa shape index (κ2) is 5.50. The zero-order valence-corrected chi connectivity index (χ0v) is 14.8. The number of ether oxygens (including phenoxy) is 1. The van der Waals surface area contributed by atoms with E-state index in [0.29, 0.717) is 17.6 Å². The lowest BCUT2D eigenvalue weighted by Gasteiger charge is -2.33. The van der Waals surface area contributed by atoms with Gasteiger partial charge in [0.2, 0.25) is 0 Å². The van der Waals surface area contributed by atoms with E-state index in [0.717, 1.165) is 0 Å². The molecule has 7 nitrogen and oxygen atoms in total. The molecule has 3 heterocycles. The number of cyclic esters (lactones) is 2. The van der Waals surface area contributed by atoms with Crippen LogP contribution in [0.15, 0.2) is 59.6 Å². The van der Waals surface area contributed by atoms with E-state index >= 15 is 0 Å². The Morgan fingerprint density at radius 1 is 1.04 bits per heavy atom. The van der Waals surface area contributed by atoms with E-state index in [4.69, 9.17) is 4.74 Å². The molecule has 1 aliphatic carbocycles. The molecule has 0 spiro atoms. The Balaban J connectivity index is 1.74. The van der Waals surface area contributed by atoms with Crippen LogP contribution in [0.1, 0.15) is 12.0 Å². The molecule has 8 heteroatoms. The number of aromatic nitrogens is 1. The SMILES string of the molecule is O=C1OC(=O)[C@H]2CC=C3c4cccnc4N(S(=O)(=O)c4ccccc4)[C@H]3[C@@H]12. The van der Waals surface area contributed by atoms with Gasteiger partial charge in [0, 0.05) is 11.8 Å². The number of sulfonamides is 1. The van der Waals surface area contributed by atoms with Gasteiger partial charge in [-0.05, 0) is 36.3 Å². The first-order chi connectivity index (χ1) is 13.0. The van der Waals surface area contributed by atoms with Crippen molar-refractivity contribution in [3.8, 4) is 0 Å². The summed E-state index contributed by atoms with van der Waals surface area (Å²) in [6.45, 7) is 0. The molecule has 1 aromatic carbocycles. The Hall–Kier alpha value is -3.00. The first-order valence-corrected chi connectivity index (χ1v) is 9.94. The summed E-state index contributed by atoms with van der Waals surface area (Å²) in [4.78, 5) is 28.8. The predicted molar refractivity (Wildman–Crippen MR) is 94.8 cm³/mol. The van der Waals surface area contributed by atoms with Crippen molar-refractivity contribution < 1.29 is 22.7 Å². The Kier molecular flexibility index (Phi) is 3.30. The van der Waals surface area contributed by atoms with Crippen molar-refractivity contribution in [3.63, 3.8) is 0 Å². The van der Waals surface area contributed by atoms with E-state index in [9.17, 15) is 18.0 Å². The molecule has 1 fully saturated rings. The van der Waals surface area contributed by atoms with Gasteiger partial charge in [-0.1, -0.05) is 24.3 Å². The number of pyridine rings is 1. The second-order valence-electron chi connectivity index (χ2n) is 6.70. The second-order valence-corrected chi connectivity index (χ2v) is 8.52. The number of nitrogens with zero attached hydrogens (tertiary/aromatic N) is 2. The number of esters is 2. The maximum Gasteiger partial charge on any atom is 0.319 e. The van der Waals surface area contributed by atoms with Crippen LogP contribution in [0.3, 0.4) is 0 Å². The van der Waals surface area contributed by atoms with E-state index < -0.39 is 39.8 Å². The van der Waals surface area contributed by atoms with Gasteiger partial charge in [-0.3, -0.25) is 9.59 Å². The van der Waals surface area contributed by atoms with Gasteiger partial charge in [-0.2, -0.15) is 0 Å². The van der Waals surface area contributed by atoms with Gasteiger partial charge >= 0.3 is 11.9 Å². The number of fused-ring (bicyclic) bond motifs is 5. The highest BCUT2D eigenvalue weighted by molar-refractivity contribution is 7.93. The van der Waals surface area contributed by atoms with Gasteiger partial charge in [-0.25, -0.2) is 17.7 Å². The number of allylic oxidation sites excluding steroid dienone is 1.